The van der Waals surface area contributed by atoms with Crippen LogP contribution in [0.15, 0.2) is 18.2 Å². The number of carbonyl (C=O) groups excluding carboxylic acids is 1. The summed E-state index contributed by atoms with van der Waals surface area (Å²) >= 11 is 12.2. The van der Waals surface area contributed by atoms with Gasteiger partial charge in [-0.25, -0.2) is 0 Å². The molecule has 1 aromatic carbocycles. The third-order valence-electron chi connectivity index (χ3n) is 4.89. The molecule has 0 bridgehead atoms. The average molecular weight is 364 g/mol. The summed E-state index contributed by atoms with van der Waals surface area (Å²) < 4.78 is 0. The van der Waals surface area contributed by atoms with Crippen molar-refractivity contribution in [3.05, 3.63) is 33.8 Å². The van der Waals surface area contributed by atoms with E-state index in [2.05, 4.69) is 10.6 Å². The summed E-state index contributed by atoms with van der Waals surface area (Å²) in [4.78, 5) is 12.5. The Labute approximate surface area is 147 Å². The molecule has 122 valence electrons. The van der Waals surface area contributed by atoms with Crippen molar-refractivity contribution in [1.29, 1.82) is 0 Å². The number of hydrogen-bond donors (Lipinski definition) is 2. The van der Waals surface area contributed by atoms with Crippen LogP contribution in [0.25, 0.3) is 0 Å². The van der Waals surface area contributed by atoms with Crippen molar-refractivity contribution in [1.82, 2.24) is 10.6 Å². The quantitative estimate of drug-likeness (QED) is 0.853. The van der Waals surface area contributed by atoms with Crippen LogP contribution in [0.2, 0.25) is 10.0 Å². The zero-order valence-corrected chi connectivity index (χ0v) is 14.8. The van der Waals surface area contributed by atoms with Crippen molar-refractivity contribution in [3.8, 4) is 0 Å². The van der Waals surface area contributed by atoms with E-state index < -0.39 is 0 Å². The van der Waals surface area contributed by atoms with Gasteiger partial charge in [-0.05, 0) is 68.5 Å². The molecule has 2 unspecified atom stereocenters. The number of nitrogens with one attached hydrogen (secondary N) is 2. The lowest BCUT2D eigenvalue weighted by Crippen LogP contribution is -2.34. The van der Waals surface area contributed by atoms with Gasteiger partial charge < -0.3 is 10.6 Å². The predicted molar refractivity (Wildman–Crippen MR) is 92.9 cm³/mol. The second-order valence-corrected chi connectivity index (χ2v) is 7.11. The Morgan fingerprint density at radius 3 is 2.73 bits per heavy atom. The van der Waals surface area contributed by atoms with Gasteiger partial charge in [0.1, 0.15) is 0 Å². The Morgan fingerprint density at radius 2 is 2.05 bits per heavy atom. The van der Waals surface area contributed by atoms with Gasteiger partial charge in [-0.1, -0.05) is 23.2 Å². The Hall–Kier alpha value is -0.480. The molecule has 2 atom stereocenters. The number of rotatable bonds is 3. The van der Waals surface area contributed by atoms with Crippen LogP contribution in [0.4, 0.5) is 0 Å². The van der Waals surface area contributed by atoms with Crippen molar-refractivity contribution < 1.29 is 4.79 Å². The van der Waals surface area contributed by atoms with E-state index in [0.29, 0.717) is 10.0 Å². The van der Waals surface area contributed by atoms with Gasteiger partial charge in [-0.15, -0.1) is 12.4 Å². The SMILES string of the molecule is CC(NC(=O)C1CC12CCNCC2)c1cc(Cl)ccc1Cl.Cl. The van der Waals surface area contributed by atoms with E-state index in [1.807, 2.05) is 13.0 Å². The van der Waals surface area contributed by atoms with E-state index in [9.17, 15) is 4.79 Å². The van der Waals surface area contributed by atoms with Crippen LogP contribution in [0.5, 0.6) is 0 Å². The highest BCUT2D eigenvalue weighted by Gasteiger charge is 2.57. The fourth-order valence-corrected chi connectivity index (χ4v) is 3.90. The monoisotopic (exact) mass is 362 g/mol. The largest absolute Gasteiger partial charge is 0.349 e. The summed E-state index contributed by atoms with van der Waals surface area (Å²) in [6.45, 7) is 4.01. The molecular formula is C16H21Cl3N2O. The van der Waals surface area contributed by atoms with E-state index in [1.165, 1.54) is 0 Å². The maximum Gasteiger partial charge on any atom is 0.224 e. The number of benzene rings is 1. The summed E-state index contributed by atoms with van der Waals surface area (Å²) in [6.07, 6.45) is 3.24. The molecule has 1 saturated carbocycles. The number of piperidine rings is 1. The summed E-state index contributed by atoms with van der Waals surface area (Å²) in [5.74, 6) is 0.320. The molecule has 3 nitrogen and oxygen atoms in total. The van der Waals surface area contributed by atoms with Crippen molar-refractivity contribution in [2.45, 2.75) is 32.2 Å². The van der Waals surface area contributed by atoms with Gasteiger partial charge in [0.15, 0.2) is 0 Å². The molecule has 1 saturated heterocycles. The zero-order chi connectivity index (χ0) is 15.0. The van der Waals surface area contributed by atoms with Gasteiger partial charge in [0.25, 0.3) is 0 Å². The first-order chi connectivity index (χ1) is 10.0. The fraction of sp³-hybridized carbons (Fsp3) is 0.562. The van der Waals surface area contributed by atoms with Crippen molar-refractivity contribution in [3.63, 3.8) is 0 Å². The number of amides is 1. The Balaban J connectivity index is 0.00000176. The number of hydrogen-bond acceptors (Lipinski definition) is 2. The van der Waals surface area contributed by atoms with E-state index in [-0.39, 0.29) is 35.7 Å². The Bertz CT molecular complexity index is 558. The molecule has 0 radical (unpaired) electrons. The fourth-order valence-electron chi connectivity index (χ4n) is 3.43. The second-order valence-electron chi connectivity index (χ2n) is 6.27. The van der Waals surface area contributed by atoms with Crippen LogP contribution in [0.3, 0.4) is 0 Å². The summed E-state index contributed by atoms with van der Waals surface area (Å²) in [5.41, 5.74) is 1.13. The van der Waals surface area contributed by atoms with Gasteiger partial charge in [0.05, 0.1) is 6.04 Å². The molecular weight excluding hydrogens is 343 g/mol. The molecule has 1 aromatic rings. The molecule has 22 heavy (non-hydrogen) atoms. The highest BCUT2D eigenvalue weighted by atomic mass is 35.5. The zero-order valence-electron chi connectivity index (χ0n) is 12.5. The summed E-state index contributed by atoms with van der Waals surface area (Å²) in [5, 5.41) is 7.73. The third-order valence-corrected chi connectivity index (χ3v) is 5.47. The summed E-state index contributed by atoms with van der Waals surface area (Å²) in [6, 6.07) is 5.23. The van der Waals surface area contributed by atoms with Crippen molar-refractivity contribution in [2.24, 2.45) is 11.3 Å². The molecule has 2 fully saturated rings. The van der Waals surface area contributed by atoms with Gasteiger partial charge in [-0.3, -0.25) is 4.79 Å². The molecule has 1 aliphatic carbocycles. The van der Waals surface area contributed by atoms with Crippen molar-refractivity contribution >= 4 is 41.5 Å². The molecule has 1 amide bonds. The average Bonchev–Trinajstić information content (AvgIpc) is 3.15. The molecule has 0 aromatic heterocycles. The van der Waals surface area contributed by atoms with Crippen LogP contribution in [0.1, 0.15) is 37.8 Å². The minimum atomic E-state index is -0.122. The lowest BCUT2D eigenvalue weighted by atomic mass is 9.91. The van der Waals surface area contributed by atoms with Gasteiger partial charge in [0.2, 0.25) is 5.91 Å². The van der Waals surface area contributed by atoms with Gasteiger partial charge in [-0.2, -0.15) is 0 Å². The van der Waals surface area contributed by atoms with Crippen LogP contribution < -0.4 is 10.6 Å². The molecule has 1 aliphatic heterocycles. The Kier molecular flexibility index (Phi) is 5.65. The number of halogens is 3. The highest BCUT2D eigenvalue weighted by molar-refractivity contribution is 6.33. The normalized spacial score (nSPS) is 23.5. The van der Waals surface area contributed by atoms with E-state index in [1.54, 1.807) is 12.1 Å². The van der Waals surface area contributed by atoms with Gasteiger partial charge >= 0.3 is 0 Å². The van der Waals surface area contributed by atoms with Gasteiger partial charge in [0, 0.05) is 16.0 Å². The second kappa shape index (κ2) is 6.96. The first-order valence-corrected chi connectivity index (χ1v) is 8.23. The molecule has 2 aliphatic rings. The lowest BCUT2D eigenvalue weighted by Gasteiger charge is -2.24. The molecule has 6 heteroatoms. The van der Waals surface area contributed by atoms with Crippen LogP contribution in [-0.4, -0.2) is 19.0 Å². The smallest absolute Gasteiger partial charge is 0.224 e. The van der Waals surface area contributed by atoms with Crippen LogP contribution >= 0.6 is 35.6 Å². The first kappa shape index (κ1) is 17.9. The third kappa shape index (κ3) is 3.53. The predicted octanol–water partition coefficient (Wildman–Crippen LogP) is 3.98. The van der Waals surface area contributed by atoms with Crippen LogP contribution in [-0.2, 0) is 4.79 Å². The van der Waals surface area contributed by atoms with E-state index in [0.717, 1.165) is 37.9 Å². The molecule has 1 heterocycles. The summed E-state index contributed by atoms with van der Waals surface area (Å²) in [7, 11) is 0. The van der Waals surface area contributed by atoms with Crippen LogP contribution in [0, 0.1) is 11.3 Å². The van der Waals surface area contributed by atoms with E-state index >= 15 is 0 Å². The minimum Gasteiger partial charge on any atom is -0.349 e. The van der Waals surface area contributed by atoms with E-state index in [4.69, 9.17) is 23.2 Å². The molecule has 1 spiro atoms. The highest BCUT2D eigenvalue weighted by Crippen LogP contribution is 2.58. The van der Waals surface area contributed by atoms with Crippen molar-refractivity contribution in [2.75, 3.05) is 13.1 Å². The number of carbonyl (C=O) groups is 1. The maximum atomic E-state index is 12.5. The molecule has 2 N–H and O–H groups in total. The lowest BCUT2D eigenvalue weighted by molar-refractivity contribution is -0.123. The Morgan fingerprint density at radius 1 is 1.36 bits per heavy atom. The minimum absolute atomic E-state index is 0. The molecule has 3 rings (SSSR count). The maximum absolute atomic E-state index is 12.5. The topological polar surface area (TPSA) is 41.1 Å². The standard InChI is InChI=1S/C16H20Cl2N2O.ClH/c1-10(12-8-11(17)2-3-14(12)18)20-15(21)13-9-16(13)4-6-19-7-5-16;/h2-3,8,10,13,19H,4-7,9H2,1H3,(H,20,21);1H. The first-order valence-electron chi connectivity index (χ1n) is 7.48.